The van der Waals surface area contributed by atoms with Crippen molar-refractivity contribution < 1.29 is 24.2 Å². The third-order valence-corrected chi connectivity index (χ3v) is 10.9. The summed E-state index contributed by atoms with van der Waals surface area (Å²) >= 11 is 0. The molecule has 3 saturated heterocycles. The van der Waals surface area contributed by atoms with Crippen LogP contribution in [-0.4, -0.2) is 69.6 Å². The zero-order valence-electron chi connectivity index (χ0n) is 28.4. The van der Waals surface area contributed by atoms with Crippen molar-refractivity contribution in [1.29, 1.82) is 0 Å². The summed E-state index contributed by atoms with van der Waals surface area (Å²) in [5.41, 5.74) is 0.0612. The molecule has 7 rings (SSSR count). The molecule has 3 fully saturated rings. The van der Waals surface area contributed by atoms with Crippen molar-refractivity contribution in [2.24, 2.45) is 11.8 Å². The van der Waals surface area contributed by atoms with Gasteiger partial charge in [-0.15, -0.1) is 13.2 Å². The molecule has 3 aliphatic heterocycles. The van der Waals surface area contributed by atoms with Crippen LogP contribution in [0.5, 0.6) is 0 Å². The van der Waals surface area contributed by atoms with Gasteiger partial charge in [0.2, 0.25) is 11.8 Å². The number of aliphatic hydroxyl groups excluding tert-OH is 1. The van der Waals surface area contributed by atoms with E-state index in [1.165, 1.54) is 4.90 Å². The Morgan fingerprint density at radius 1 is 0.900 bits per heavy atom. The predicted octanol–water partition coefficient (Wildman–Crippen LogP) is 6.07. The molecule has 8 nitrogen and oxygen atoms in total. The van der Waals surface area contributed by atoms with Gasteiger partial charge in [-0.25, -0.2) is 0 Å². The van der Waals surface area contributed by atoms with E-state index in [-0.39, 0.29) is 24.3 Å². The first-order valence-electron chi connectivity index (χ1n) is 17.3. The summed E-state index contributed by atoms with van der Waals surface area (Å²) in [7, 11) is 0. The lowest BCUT2D eigenvalue weighted by Crippen LogP contribution is -2.57. The number of carbonyl (C=O) groups is 3. The number of aliphatic hydroxyl groups is 1. The molecule has 3 amide bonds. The maximum Gasteiger partial charge on any atom is 0.253 e. The third-order valence-electron chi connectivity index (χ3n) is 10.9. The van der Waals surface area contributed by atoms with E-state index in [0.717, 1.165) is 16.3 Å². The second-order valence-electron chi connectivity index (χ2n) is 13.8. The lowest BCUT2D eigenvalue weighted by atomic mass is 9.66. The van der Waals surface area contributed by atoms with Crippen molar-refractivity contribution in [3.8, 4) is 0 Å². The number of nitrogens with zero attached hydrogens (tertiary/aromatic N) is 3. The van der Waals surface area contributed by atoms with Crippen molar-refractivity contribution in [3.05, 3.63) is 140 Å². The fourth-order valence-electron chi connectivity index (χ4n) is 8.72. The van der Waals surface area contributed by atoms with Gasteiger partial charge in [0.25, 0.3) is 5.91 Å². The van der Waals surface area contributed by atoms with Gasteiger partial charge < -0.3 is 24.5 Å². The smallest absolute Gasteiger partial charge is 0.253 e. The van der Waals surface area contributed by atoms with Gasteiger partial charge in [-0.3, -0.25) is 14.4 Å². The normalized spacial score (nSPS) is 25.7. The van der Waals surface area contributed by atoms with Gasteiger partial charge in [-0.1, -0.05) is 103 Å². The van der Waals surface area contributed by atoms with Gasteiger partial charge in [-0.05, 0) is 53.8 Å². The van der Waals surface area contributed by atoms with E-state index in [9.17, 15) is 9.90 Å². The Bertz CT molecular complexity index is 1930. The Labute approximate surface area is 293 Å². The molecule has 256 valence electrons. The first kappa shape index (κ1) is 33.4. The number of hydrogen-bond acceptors (Lipinski definition) is 5. The Kier molecular flexibility index (Phi) is 8.93. The molecule has 3 aliphatic rings. The van der Waals surface area contributed by atoms with Crippen LogP contribution >= 0.6 is 0 Å². The van der Waals surface area contributed by atoms with Crippen molar-refractivity contribution >= 4 is 34.2 Å². The van der Waals surface area contributed by atoms with Crippen LogP contribution in [0.3, 0.4) is 0 Å². The molecule has 4 aromatic rings. The largest absolute Gasteiger partial charge is 0.394 e. The molecule has 0 radical (unpaired) electrons. The summed E-state index contributed by atoms with van der Waals surface area (Å²) in [4.78, 5) is 50.0. The SMILES string of the molecule is C=CCN(Cc1ccccc1)C(=O)[C@@H]1[C@H]2C(=O)N([C@H](CO)c3ccccc3)C(C(=O)N(CC=C)c3ccc4ccccc4c3)C23CC[C@@]1(C)O3. The number of fused-ring (bicyclic) bond motifs is 2. The molecule has 0 aromatic heterocycles. The molecular weight excluding hydrogens is 626 g/mol. The van der Waals surface area contributed by atoms with Crippen molar-refractivity contribution in [2.45, 2.75) is 49.6 Å². The summed E-state index contributed by atoms with van der Waals surface area (Å²) in [6.45, 7) is 10.2. The second kappa shape index (κ2) is 13.3. The highest BCUT2D eigenvalue weighted by atomic mass is 16.5. The lowest BCUT2D eigenvalue weighted by molar-refractivity contribution is -0.152. The van der Waals surface area contributed by atoms with E-state index in [2.05, 4.69) is 13.2 Å². The van der Waals surface area contributed by atoms with Crippen LogP contribution in [0.2, 0.25) is 0 Å². The van der Waals surface area contributed by atoms with E-state index >= 15 is 9.59 Å². The van der Waals surface area contributed by atoms with E-state index in [4.69, 9.17) is 4.74 Å². The molecule has 2 unspecified atom stereocenters. The molecule has 6 atom stereocenters. The summed E-state index contributed by atoms with van der Waals surface area (Å²) in [5, 5.41) is 13.0. The minimum absolute atomic E-state index is 0.190. The first-order valence-corrected chi connectivity index (χ1v) is 17.3. The summed E-state index contributed by atoms with van der Waals surface area (Å²) in [5.74, 6) is -2.66. The first-order chi connectivity index (χ1) is 24.3. The monoisotopic (exact) mass is 669 g/mol. The minimum atomic E-state index is -1.28. The van der Waals surface area contributed by atoms with Crippen LogP contribution in [0.15, 0.2) is 128 Å². The zero-order valence-corrected chi connectivity index (χ0v) is 28.4. The average molecular weight is 670 g/mol. The van der Waals surface area contributed by atoms with E-state index in [1.807, 2.05) is 110 Å². The molecule has 1 N–H and O–H groups in total. The quantitative estimate of drug-likeness (QED) is 0.185. The molecule has 4 aromatic carbocycles. The van der Waals surface area contributed by atoms with Crippen molar-refractivity contribution in [3.63, 3.8) is 0 Å². The standard InChI is InChI=1S/C42H43N3O5/c1-4-24-43(27-29-14-8-6-9-15-29)38(47)35-36-39(48)45(34(28-46)31-17-10-7-11-18-31)37(42(36)23-22-41(35,3)50-42)40(49)44(25-5-2)33-21-20-30-16-12-13-19-32(30)26-33/h4-21,26,34-37,46H,1-2,22-25,27-28H2,3H3/t34-,35+,36+,37?,41-,42?/m1/s1. The molecule has 3 heterocycles. The van der Waals surface area contributed by atoms with E-state index in [1.54, 1.807) is 22.0 Å². The van der Waals surface area contributed by atoms with Gasteiger partial charge in [0.05, 0.1) is 30.1 Å². The Morgan fingerprint density at radius 3 is 2.24 bits per heavy atom. The highest BCUT2D eigenvalue weighted by Gasteiger charge is 2.79. The molecule has 2 bridgehead atoms. The molecule has 8 heteroatoms. The zero-order chi connectivity index (χ0) is 35.0. The van der Waals surface area contributed by atoms with Gasteiger partial charge in [0.1, 0.15) is 11.6 Å². The van der Waals surface area contributed by atoms with Crippen molar-refractivity contribution in [1.82, 2.24) is 9.80 Å². The maximum atomic E-state index is 15.3. The number of amides is 3. The fourth-order valence-corrected chi connectivity index (χ4v) is 8.72. The molecule has 0 aliphatic carbocycles. The number of benzene rings is 4. The van der Waals surface area contributed by atoms with Crippen LogP contribution in [0.1, 0.15) is 36.9 Å². The number of ether oxygens (including phenoxy) is 1. The lowest BCUT2D eigenvalue weighted by Gasteiger charge is -2.39. The van der Waals surface area contributed by atoms with Crippen LogP contribution in [0.4, 0.5) is 5.69 Å². The highest BCUT2D eigenvalue weighted by molar-refractivity contribution is 6.06. The highest BCUT2D eigenvalue weighted by Crippen LogP contribution is 2.64. The number of likely N-dealkylation sites (tertiary alicyclic amines) is 1. The van der Waals surface area contributed by atoms with Gasteiger partial charge in [0.15, 0.2) is 0 Å². The van der Waals surface area contributed by atoms with Crippen LogP contribution < -0.4 is 4.90 Å². The summed E-state index contributed by atoms with van der Waals surface area (Å²) in [6, 6.07) is 30.8. The summed E-state index contributed by atoms with van der Waals surface area (Å²) in [6.07, 6.45) is 4.28. The predicted molar refractivity (Wildman–Crippen MR) is 194 cm³/mol. The van der Waals surface area contributed by atoms with E-state index < -0.39 is 41.7 Å². The van der Waals surface area contributed by atoms with Gasteiger partial charge in [-0.2, -0.15) is 0 Å². The summed E-state index contributed by atoms with van der Waals surface area (Å²) < 4.78 is 6.99. The van der Waals surface area contributed by atoms with E-state index in [0.29, 0.717) is 37.2 Å². The Balaban J connectivity index is 1.35. The van der Waals surface area contributed by atoms with Crippen molar-refractivity contribution in [2.75, 3.05) is 24.6 Å². The number of carbonyl (C=O) groups excluding carboxylic acids is 3. The van der Waals surface area contributed by atoms with Crippen LogP contribution in [0.25, 0.3) is 10.8 Å². The molecule has 0 saturated carbocycles. The Hall–Kier alpha value is -5.05. The average Bonchev–Trinajstić information content (AvgIpc) is 3.71. The Morgan fingerprint density at radius 2 is 1.56 bits per heavy atom. The third kappa shape index (κ3) is 5.43. The topological polar surface area (TPSA) is 90.4 Å². The number of hydrogen-bond donors (Lipinski definition) is 1. The molecule has 50 heavy (non-hydrogen) atoms. The number of rotatable bonds is 12. The molecule has 1 spiro atoms. The fraction of sp³-hybridized carbons (Fsp3) is 0.310. The van der Waals surface area contributed by atoms with Crippen LogP contribution in [-0.2, 0) is 25.7 Å². The van der Waals surface area contributed by atoms with Crippen LogP contribution in [0, 0.1) is 11.8 Å². The minimum Gasteiger partial charge on any atom is -0.394 e. The van der Waals surface area contributed by atoms with Gasteiger partial charge >= 0.3 is 0 Å². The second-order valence-corrected chi connectivity index (χ2v) is 13.8. The number of anilines is 1. The molecular formula is C42H43N3O5. The van der Waals surface area contributed by atoms with Gasteiger partial charge in [0, 0.05) is 25.3 Å². The maximum absolute atomic E-state index is 15.3.